The molecular formula is C13H22BrN3O. The minimum absolute atomic E-state index is 0.348. The van der Waals surface area contributed by atoms with Crippen molar-refractivity contribution in [2.75, 3.05) is 19.5 Å². The van der Waals surface area contributed by atoms with Crippen LogP contribution >= 0.6 is 15.9 Å². The van der Waals surface area contributed by atoms with Crippen molar-refractivity contribution < 1.29 is 4.74 Å². The van der Waals surface area contributed by atoms with Gasteiger partial charge in [-0.25, -0.2) is 9.97 Å². The molecule has 1 rings (SSSR count). The largest absolute Gasteiger partial charge is 0.378 e. The minimum Gasteiger partial charge on any atom is -0.378 e. The lowest BCUT2D eigenvalue weighted by molar-refractivity contribution is 0.180. The van der Waals surface area contributed by atoms with Crippen molar-refractivity contribution in [2.24, 2.45) is 5.92 Å². The van der Waals surface area contributed by atoms with Crippen LogP contribution in [-0.4, -0.2) is 24.1 Å². The monoisotopic (exact) mass is 315 g/mol. The Kier molecular flexibility index (Phi) is 6.02. The summed E-state index contributed by atoms with van der Waals surface area (Å²) < 4.78 is 6.06. The van der Waals surface area contributed by atoms with E-state index in [0.717, 1.165) is 28.2 Å². The summed E-state index contributed by atoms with van der Waals surface area (Å²) >= 11 is 3.51. The van der Waals surface area contributed by atoms with E-state index in [9.17, 15) is 0 Å². The van der Waals surface area contributed by atoms with Gasteiger partial charge in [-0.2, -0.15) is 0 Å². The molecule has 1 atom stereocenters. The van der Waals surface area contributed by atoms with Crippen molar-refractivity contribution >= 4 is 21.7 Å². The Labute approximate surface area is 118 Å². The zero-order valence-corrected chi connectivity index (χ0v) is 13.3. The first-order chi connectivity index (χ1) is 8.49. The number of ether oxygens (including phenoxy) is 1. The summed E-state index contributed by atoms with van der Waals surface area (Å²) in [5.74, 6) is 2.68. The number of hydrogen-bond donors (Lipinski definition) is 1. The van der Waals surface area contributed by atoms with Crippen molar-refractivity contribution in [2.45, 2.75) is 39.7 Å². The van der Waals surface area contributed by atoms with Gasteiger partial charge in [0.25, 0.3) is 0 Å². The van der Waals surface area contributed by atoms with E-state index in [1.54, 1.807) is 7.11 Å². The Bertz CT molecular complexity index is 396. The van der Waals surface area contributed by atoms with Gasteiger partial charge in [-0.1, -0.05) is 20.8 Å². The van der Waals surface area contributed by atoms with Crippen molar-refractivity contribution in [1.29, 1.82) is 0 Å². The average molecular weight is 316 g/mol. The Morgan fingerprint density at radius 2 is 1.94 bits per heavy atom. The van der Waals surface area contributed by atoms with Crippen LogP contribution in [0.2, 0.25) is 0 Å². The molecule has 0 aliphatic carbocycles. The van der Waals surface area contributed by atoms with Crippen LogP contribution in [0.25, 0.3) is 0 Å². The predicted molar refractivity (Wildman–Crippen MR) is 77.9 cm³/mol. The molecule has 1 aromatic heterocycles. The highest BCUT2D eigenvalue weighted by Crippen LogP contribution is 2.28. The van der Waals surface area contributed by atoms with E-state index in [1.807, 2.05) is 7.05 Å². The molecule has 18 heavy (non-hydrogen) atoms. The van der Waals surface area contributed by atoms with Crippen LogP contribution in [0.3, 0.4) is 0 Å². The predicted octanol–water partition coefficient (Wildman–Crippen LogP) is 3.58. The molecule has 0 saturated carbocycles. The van der Waals surface area contributed by atoms with E-state index in [-0.39, 0.29) is 0 Å². The van der Waals surface area contributed by atoms with E-state index in [0.29, 0.717) is 18.4 Å². The van der Waals surface area contributed by atoms with Crippen LogP contribution in [0.15, 0.2) is 4.47 Å². The van der Waals surface area contributed by atoms with Crippen LogP contribution in [0.5, 0.6) is 0 Å². The maximum Gasteiger partial charge on any atom is 0.144 e. The Hall–Kier alpha value is -0.680. The molecule has 0 aromatic carbocycles. The fourth-order valence-electron chi connectivity index (χ4n) is 1.94. The molecule has 1 heterocycles. The van der Waals surface area contributed by atoms with Gasteiger partial charge in [0.15, 0.2) is 0 Å². The van der Waals surface area contributed by atoms with Crippen molar-refractivity contribution in [3.05, 3.63) is 16.0 Å². The number of methoxy groups -OCH3 is 1. The van der Waals surface area contributed by atoms with E-state index in [2.05, 4.69) is 52.0 Å². The number of halogens is 1. The lowest BCUT2D eigenvalue weighted by Crippen LogP contribution is -2.10. The van der Waals surface area contributed by atoms with Crippen LogP contribution < -0.4 is 5.32 Å². The summed E-state index contributed by atoms with van der Waals surface area (Å²) in [7, 11) is 3.53. The van der Waals surface area contributed by atoms with Gasteiger partial charge in [0, 0.05) is 20.1 Å². The fraction of sp³-hybridized carbons (Fsp3) is 0.692. The lowest BCUT2D eigenvalue weighted by Gasteiger charge is -2.16. The highest BCUT2D eigenvalue weighted by Gasteiger charge is 2.16. The molecule has 0 bridgehead atoms. The smallest absolute Gasteiger partial charge is 0.144 e. The first-order valence-electron chi connectivity index (χ1n) is 6.22. The summed E-state index contributed by atoms with van der Waals surface area (Å²) in [5.41, 5.74) is 0.891. The summed E-state index contributed by atoms with van der Waals surface area (Å²) in [5, 5.41) is 3.09. The van der Waals surface area contributed by atoms with Gasteiger partial charge in [0.05, 0.1) is 16.8 Å². The molecule has 5 heteroatoms. The maximum atomic E-state index is 5.18. The zero-order chi connectivity index (χ0) is 13.7. The first kappa shape index (κ1) is 15.4. The molecule has 1 aromatic rings. The number of hydrogen-bond acceptors (Lipinski definition) is 4. The molecule has 0 aliphatic rings. The quantitative estimate of drug-likeness (QED) is 0.871. The number of rotatable bonds is 6. The fourth-order valence-corrected chi connectivity index (χ4v) is 2.43. The van der Waals surface area contributed by atoms with E-state index >= 15 is 0 Å². The van der Waals surface area contributed by atoms with Crippen LogP contribution in [-0.2, 0) is 11.3 Å². The Balaban J connectivity index is 3.08. The number of anilines is 1. The van der Waals surface area contributed by atoms with Crippen molar-refractivity contribution in [3.63, 3.8) is 0 Å². The summed E-state index contributed by atoms with van der Waals surface area (Å²) in [4.78, 5) is 9.16. The van der Waals surface area contributed by atoms with Gasteiger partial charge >= 0.3 is 0 Å². The van der Waals surface area contributed by atoms with Crippen LogP contribution in [0, 0.1) is 5.92 Å². The minimum atomic E-state index is 0.348. The van der Waals surface area contributed by atoms with Gasteiger partial charge in [-0.15, -0.1) is 0 Å². The molecular weight excluding hydrogens is 294 g/mol. The third-order valence-electron chi connectivity index (χ3n) is 2.72. The SMILES string of the molecule is CNc1nc(C(C)CC(C)C)nc(COC)c1Br. The zero-order valence-electron chi connectivity index (χ0n) is 11.7. The van der Waals surface area contributed by atoms with E-state index in [4.69, 9.17) is 4.74 Å². The first-order valence-corrected chi connectivity index (χ1v) is 7.01. The molecule has 1 unspecified atom stereocenters. The molecule has 0 radical (unpaired) electrons. The summed E-state index contributed by atoms with van der Waals surface area (Å²) in [6.07, 6.45) is 1.08. The van der Waals surface area contributed by atoms with Gasteiger partial charge in [0.2, 0.25) is 0 Å². The van der Waals surface area contributed by atoms with Crippen molar-refractivity contribution in [1.82, 2.24) is 9.97 Å². The molecule has 0 saturated heterocycles. The molecule has 1 N–H and O–H groups in total. The van der Waals surface area contributed by atoms with Gasteiger partial charge < -0.3 is 10.1 Å². The second-order valence-corrected chi connectivity index (χ2v) is 5.70. The van der Waals surface area contributed by atoms with Gasteiger partial charge in [-0.3, -0.25) is 0 Å². The van der Waals surface area contributed by atoms with Gasteiger partial charge in [-0.05, 0) is 28.3 Å². The van der Waals surface area contributed by atoms with E-state index in [1.165, 1.54) is 0 Å². The van der Waals surface area contributed by atoms with E-state index < -0.39 is 0 Å². The molecule has 0 aliphatic heterocycles. The summed E-state index contributed by atoms with van der Waals surface area (Å²) in [6.45, 7) is 7.08. The normalized spacial score (nSPS) is 12.8. The maximum absolute atomic E-state index is 5.18. The van der Waals surface area contributed by atoms with Crippen LogP contribution in [0.1, 0.15) is 44.6 Å². The highest BCUT2D eigenvalue weighted by molar-refractivity contribution is 9.10. The summed E-state index contributed by atoms with van der Waals surface area (Å²) in [6, 6.07) is 0. The number of aromatic nitrogens is 2. The lowest BCUT2D eigenvalue weighted by atomic mass is 9.98. The molecule has 0 fully saturated rings. The number of nitrogens with one attached hydrogen (secondary N) is 1. The Morgan fingerprint density at radius 3 is 2.44 bits per heavy atom. The standard InChI is InChI=1S/C13H22BrN3O/c1-8(2)6-9(3)12-16-10(7-18-5)11(14)13(15-4)17-12/h8-9H,6-7H2,1-5H3,(H,15,16,17). The molecule has 0 amide bonds. The van der Waals surface area contributed by atoms with Crippen molar-refractivity contribution in [3.8, 4) is 0 Å². The highest BCUT2D eigenvalue weighted by atomic mass is 79.9. The third-order valence-corrected chi connectivity index (χ3v) is 3.55. The second kappa shape index (κ2) is 7.04. The second-order valence-electron chi connectivity index (χ2n) is 4.90. The molecule has 0 spiro atoms. The van der Waals surface area contributed by atoms with Gasteiger partial charge in [0.1, 0.15) is 11.6 Å². The average Bonchev–Trinajstić information content (AvgIpc) is 2.31. The van der Waals surface area contributed by atoms with Crippen LogP contribution in [0.4, 0.5) is 5.82 Å². The molecule has 4 nitrogen and oxygen atoms in total. The number of nitrogens with zero attached hydrogens (tertiary/aromatic N) is 2. The third kappa shape index (κ3) is 3.92. The molecule has 102 valence electrons. The Morgan fingerprint density at radius 1 is 1.28 bits per heavy atom. The topological polar surface area (TPSA) is 47.0 Å².